The molecule has 1 aliphatic rings. The lowest BCUT2D eigenvalue weighted by Gasteiger charge is -2.29. The Morgan fingerprint density at radius 2 is 2.35 bits per heavy atom. The molecule has 1 atom stereocenters. The van der Waals surface area contributed by atoms with Crippen molar-refractivity contribution in [2.45, 2.75) is 18.9 Å². The Morgan fingerprint density at radius 3 is 2.95 bits per heavy atom. The number of aliphatic hydroxyl groups excluding tert-OH is 1. The average Bonchev–Trinajstić information content (AvgIpc) is 2.90. The van der Waals surface area contributed by atoms with Gasteiger partial charge in [-0.15, -0.1) is 0 Å². The summed E-state index contributed by atoms with van der Waals surface area (Å²) in [7, 11) is 0. The summed E-state index contributed by atoms with van der Waals surface area (Å²) < 4.78 is 0.685. The monoisotopic (exact) mass is 341 g/mol. The van der Waals surface area contributed by atoms with Crippen molar-refractivity contribution < 1.29 is 9.90 Å². The molecule has 1 amide bonds. The third-order valence-electron chi connectivity index (χ3n) is 3.55. The second kappa shape index (κ2) is 7.06. The van der Waals surface area contributed by atoms with Gasteiger partial charge in [0.05, 0.1) is 17.9 Å². The summed E-state index contributed by atoms with van der Waals surface area (Å²) in [5, 5.41) is 12.7. The van der Waals surface area contributed by atoms with Crippen LogP contribution in [0.2, 0.25) is 0 Å². The highest BCUT2D eigenvalue weighted by Gasteiger charge is 2.22. The van der Waals surface area contributed by atoms with E-state index < -0.39 is 5.91 Å². The maximum absolute atomic E-state index is 11.7. The molecule has 1 aromatic rings. The number of aliphatic hydroxyl groups is 1. The Kier molecular flexibility index (Phi) is 5.39. The topological polar surface area (TPSA) is 78.6 Å². The highest BCUT2D eigenvalue weighted by atomic mass is 79.9. The van der Waals surface area contributed by atoms with Crippen LogP contribution in [0.15, 0.2) is 22.7 Å². The molecule has 4 N–H and O–H groups in total. The molecule has 0 saturated carbocycles. The van der Waals surface area contributed by atoms with E-state index in [-0.39, 0.29) is 6.61 Å². The SMILES string of the molecule is NC(=O)c1c(Br)cccc1N(CCO)CC1CCCN1. The second-order valence-electron chi connectivity index (χ2n) is 4.96. The van der Waals surface area contributed by atoms with Gasteiger partial charge in [0.2, 0.25) is 0 Å². The number of halogens is 1. The van der Waals surface area contributed by atoms with Crippen LogP contribution in [-0.4, -0.2) is 43.3 Å². The normalized spacial score (nSPS) is 18.2. The van der Waals surface area contributed by atoms with E-state index >= 15 is 0 Å². The first kappa shape index (κ1) is 15.3. The largest absolute Gasteiger partial charge is 0.395 e. The van der Waals surface area contributed by atoms with Crippen molar-refractivity contribution in [2.75, 3.05) is 31.1 Å². The van der Waals surface area contributed by atoms with Gasteiger partial charge in [-0.25, -0.2) is 0 Å². The molecule has 1 unspecified atom stereocenters. The molecule has 110 valence electrons. The van der Waals surface area contributed by atoms with E-state index in [9.17, 15) is 9.90 Å². The van der Waals surface area contributed by atoms with Gasteiger partial charge in [0.1, 0.15) is 0 Å². The van der Waals surface area contributed by atoms with Crippen LogP contribution in [0.25, 0.3) is 0 Å². The number of hydrogen-bond donors (Lipinski definition) is 3. The Labute approximate surface area is 127 Å². The van der Waals surface area contributed by atoms with E-state index in [1.807, 2.05) is 17.0 Å². The van der Waals surface area contributed by atoms with Crippen molar-refractivity contribution in [1.82, 2.24) is 5.32 Å². The molecule has 2 rings (SSSR count). The molecule has 20 heavy (non-hydrogen) atoms. The number of carbonyl (C=O) groups is 1. The van der Waals surface area contributed by atoms with E-state index in [0.717, 1.165) is 25.2 Å². The van der Waals surface area contributed by atoms with Crippen LogP contribution < -0.4 is 16.0 Å². The molecule has 6 heteroatoms. The minimum absolute atomic E-state index is 0.0391. The first-order valence-electron chi connectivity index (χ1n) is 6.81. The molecule has 1 heterocycles. The number of nitrogens with two attached hydrogens (primary N) is 1. The smallest absolute Gasteiger partial charge is 0.251 e. The zero-order valence-electron chi connectivity index (χ0n) is 11.3. The third kappa shape index (κ3) is 3.50. The number of carbonyl (C=O) groups excluding carboxylic acids is 1. The van der Waals surface area contributed by atoms with Crippen LogP contribution >= 0.6 is 15.9 Å². The maximum Gasteiger partial charge on any atom is 0.251 e. The van der Waals surface area contributed by atoms with Gasteiger partial charge in [0.25, 0.3) is 5.91 Å². The minimum Gasteiger partial charge on any atom is -0.395 e. The van der Waals surface area contributed by atoms with Crippen LogP contribution in [0.3, 0.4) is 0 Å². The van der Waals surface area contributed by atoms with Crippen LogP contribution in [0, 0.1) is 0 Å². The maximum atomic E-state index is 11.7. The fourth-order valence-corrected chi connectivity index (χ4v) is 3.18. The van der Waals surface area contributed by atoms with E-state index in [2.05, 4.69) is 21.2 Å². The summed E-state index contributed by atoms with van der Waals surface area (Å²) in [5.41, 5.74) is 6.73. The van der Waals surface area contributed by atoms with Crippen molar-refractivity contribution >= 4 is 27.5 Å². The van der Waals surface area contributed by atoms with E-state index in [1.165, 1.54) is 6.42 Å². The first-order chi connectivity index (χ1) is 9.63. The molecule has 0 radical (unpaired) electrons. The summed E-state index contributed by atoms with van der Waals surface area (Å²) in [6, 6.07) is 5.93. The molecule has 1 saturated heterocycles. The molecular formula is C14H20BrN3O2. The zero-order chi connectivity index (χ0) is 14.5. The van der Waals surface area contributed by atoms with Gasteiger partial charge in [-0.3, -0.25) is 4.79 Å². The van der Waals surface area contributed by atoms with E-state index in [4.69, 9.17) is 5.73 Å². The Bertz CT molecular complexity index is 475. The van der Waals surface area contributed by atoms with Crippen molar-refractivity contribution in [3.8, 4) is 0 Å². The minimum atomic E-state index is -0.463. The summed E-state index contributed by atoms with van der Waals surface area (Å²) in [4.78, 5) is 13.7. The van der Waals surface area contributed by atoms with E-state index in [1.54, 1.807) is 6.07 Å². The number of anilines is 1. The fraction of sp³-hybridized carbons (Fsp3) is 0.500. The lowest BCUT2D eigenvalue weighted by Crippen LogP contribution is -2.40. The quantitative estimate of drug-likeness (QED) is 0.723. The number of benzene rings is 1. The van der Waals surface area contributed by atoms with Crippen LogP contribution in [0.1, 0.15) is 23.2 Å². The van der Waals surface area contributed by atoms with Crippen LogP contribution in [0.5, 0.6) is 0 Å². The van der Waals surface area contributed by atoms with Crippen molar-refractivity contribution in [3.63, 3.8) is 0 Å². The molecular weight excluding hydrogens is 322 g/mol. The molecule has 5 nitrogen and oxygen atoms in total. The van der Waals surface area contributed by atoms with Crippen molar-refractivity contribution in [1.29, 1.82) is 0 Å². The Morgan fingerprint density at radius 1 is 1.55 bits per heavy atom. The third-order valence-corrected chi connectivity index (χ3v) is 4.21. The molecule has 0 spiro atoms. The Balaban J connectivity index is 2.28. The average molecular weight is 342 g/mol. The molecule has 1 aliphatic heterocycles. The molecule has 0 aliphatic carbocycles. The number of hydrogen-bond acceptors (Lipinski definition) is 4. The van der Waals surface area contributed by atoms with Crippen LogP contribution in [-0.2, 0) is 0 Å². The van der Waals surface area contributed by atoms with Gasteiger partial charge in [0, 0.05) is 23.6 Å². The number of rotatable bonds is 6. The highest BCUT2D eigenvalue weighted by Crippen LogP contribution is 2.28. The highest BCUT2D eigenvalue weighted by molar-refractivity contribution is 9.10. The predicted octanol–water partition coefficient (Wildman–Crippen LogP) is 1.10. The number of primary amides is 1. The number of nitrogens with one attached hydrogen (secondary N) is 1. The second-order valence-corrected chi connectivity index (χ2v) is 5.82. The molecule has 1 aromatic carbocycles. The van der Waals surface area contributed by atoms with Crippen molar-refractivity contribution in [2.24, 2.45) is 5.73 Å². The van der Waals surface area contributed by atoms with Gasteiger partial charge < -0.3 is 21.1 Å². The van der Waals surface area contributed by atoms with Gasteiger partial charge in [0.15, 0.2) is 0 Å². The van der Waals surface area contributed by atoms with E-state index in [0.29, 0.717) is 22.6 Å². The summed E-state index contributed by atoms with van der Waals surface area (Å²) >= 11 is 3.37. The zero-order valence-corrected chi connectivity index (χ0v) is 12.9. The summed E-state index contributed by atoms with van der Waals surface area (Å²) in [6.07, 6.45) is 2.28. The van der Waals surface area contributed by atoms with Crippen LogP contribution in [0.4, 0.5) is 5.69 Å². The van der Waals surface area contributed by atoms with Gasteiger partial charge in [-0.05, 0) is 47.4 Å². The van der Waals surface area contributed by atoms with Gasteiger partial charge in [-0.1, -0.05) is 6.07 Å². The summed E-state index contributed by atoms with van der Waals surface area (Å²) in [6.45, 7) is 2.31. The number of nitrogens with zero attached hydrogens (tertiary/aromatic N) is 1. The molecule has 0 bridgehead atoms. The molecule has 0 aromatic heterocycles. The molecule has 1 fully saturated rings. The lowest BCUT2D eigenvalue weighted by molar-refractivity contribution is 0.1000. The predicted molar refractivity (Wildman–Crippen MR) is 83.0 cm³/mol. The van der Waals surface area contributed by atoms with Gasteiger partial charge in [-0.2, -0.15) is 0 Å². The number of amides is 1. The van der Waals surface area contributed by atoms with Gasteiger partial charge >= 0.3 is 0 Å². The fourth-order valence-electron chi connectivity index (χ4n) is 2.63. The lowest BCUT2D eigenvalue weighted by atomic mass is 10.1. The Hall–Kier alpha value is -1.11. The first-order valence-corrected chi connectivity index (χ1v) is 7.60. The van der Waals surface area contributed by atoms with Crippen molar-refractivity contribution in [3.05, 3.63) is 28.2 Å². The standard InChI is InChI=1S/C14H20BrN3O2/c15-11-4-1-5-12(13(11)14(16)20)18(7-8-19)9-10-3-2-6-17-10/h1,4-5,10,17,19H,2-3,6-9H2,(H2,16,20). The summed E-state index contributed by atoms with van der Waals surface area (Å²) in [5.74, 6) is -0.463.